The summed E-state index contributed by atoms with van der Waals surface area (Å²) in [5.74, 6) is 0.951. The Hall–Kier alpha value is -5.30. The third kappa shape index (κ3) is 4.33. The van der Waals surface area contributed by atoms with E-state index in [0.29, 0.717) is 0 Å². The number of imidazole rings is 1. The molecule has 9 rings (SSSR count). The fourth-order valence-electron chi connectivity index (χ4n) is 6.45. The highest BCUT2D eigenvalue weighted by atomic mass is 32.1. The van der Waals surface area contributed by atoms with E-state index in [1.54, 1.807) is 22.7 Å². The molecule has 45 heavy (non-hydrogen) atoms. The van der Waals surface area contributed by atoms with Gasteiger partial charge in [0.15, 0.2) is 0 Å². The minimum atomic E-state index is 0.951. The van der Waals surface area contributed by atoms with Crippen molar-refractivity contribution >= 4 is 55.5 Å². The fraction of sp³-hybridized carbons (Fsp3) is 0.0256. The molecule has 5 aromatic heterocycles. The molecule has 0 aliphatic carbocycles. The minimum absolute atomic E-state index is 0.951. The lowest BCUT2D eigenvalue weighted by Crippen LogP contribution is -1.96. The van der Waals surface area contributed by atoms with Crippen molar-refractivity contribution < 1.29 is 0 Å². The molecule has 6 heteroatoms. The number of benzene rings is 4. The molecule has 0 aliphatic rings. The van der Waals surface area contributed by atoms with Crippen molar-refractivity contribution in [1.29, 1.82) is 0 Å². The first-order valence-corrected chi connectivity index (χ1v) is 16.7. The van der Waals surface area contributed by atoms with Crippen molar-refractivity contribution in [3.05, 3.63) is 137 Å². The highest BCUT2D eigenvalue weighted by Gasteiger charge is 2.18. The first-order chi connectivity index (χ1) is 22.2. The van der Waals surface area contributed by atoms with Crippen molar-refractivity contribution in [3.8, 4) is 50.6 Å². The Morgan fingerprint density at radius 2 is 1.33 bits per heavy atom. The SMILES string of the molecule is Cn1c(-c2ccc3c4cc(-c5ccsc5)ccc4n(-c4cccc(-c5ccccn5)c4)c3c2)nc2cc(-c3ccsc3)ccc21. The summed E-state index contributed by atoms with van der Waals surface area (Å²) in [4.78, 5) is 9.79. The molecule has 0 atom stereocenters. The van der Waals surface area contributed by atoms with Crippen molar-refractivity contribution in [2.45, 2.75) is 0 Å². The van der Waals surface area contributed by atoms with Gasteiger partial charge in [-0.2, -0.15) is 22.7 Å². The van der Waals surface area contributed by atoms with Crippen LogP contribution in [0.1, 0.15) is 0 Å². The lowest BCUT2D eigenvalue weighted by molar-refractivity contribution is 0.959. The molecule has 4 aromatic carbocycles. The lowest BCUT2D eigenvalue weighted by atomic mass is 10.0. The van der Waals surface area contributed by atoms with Crippen LogP contribution in [-0.2, 0) is 7.05 Å². The zero-order valence-corrected chi connectivity index (χ0v) is 26.0. The number of aromatic nitrogens is 4. The smallest absolute Gasteiger partial charge is 0.140 e. The van der Waals surface area contributed by atoms with Crippen LogP contribution in [0.15, 0.2) is 137 Å². The maximum atomic E-state index is 5.17. The Kier molecular flexibility index (Phi) is 6.04. The van der Waals surface area contributed by atoms with E-state index in [1.807, 2.05) is 18.3 Å². The van der Waals surface area contributed by atoms with Gasteiger partial charge in [0.2, 0.25) is 0 Å². The predicted molar refractivity (Wildman–Crippen MR) is 190 cm³/mol. The normalized spacial score (nSPS) is 11.7. The zero-order chi connectivity index (χ0) is 29.9. The van der Waals surface area contributed by atoms with Crippen molar-refractivity contribution in [3.63, 3.8) is 0 Å². The van der Waals surface area contributed by atoms with Gasteiger partial charge in [-0.05, 0) is 111 Å². The topological polar surface area (TPSA) is 35.6 Å². The van der Waals surface area contributed by atoms with E-state index in [2.05, 4.69) is 140 Å². The van der Waals surface area contributed by atoms with Crippen LogP contribution in [0.25, 0.3) is 83.4 Å². The molecule has 0 N–H and O–H groups in total. The summed E-state index contributed by atoms with van der Waals surface area (Å²) >= 11 is 3.44. The Morgan fingerprint density at radius 3 is 2.09 bits per heavy atom. The average Bonchev–Trinajstić information content (AvgIpc) is 3.91. The Balaban J connectivity index is 1.26. The van der Waals surface area contributed by atoms with Crippen LogP contribution in [0, 0.1) is 0 Å². The Bertz CT molecular complexity index is 2480. The monoisotopic (exact) mass is 614 g/mol. The summed E-state index contributed by atoms with van der Waals surface area (Å²) in [7, 11) is 2.11. The highest BCUT2D eigenvalue weighted by Crippen LogP contribution is 2.38. The van der Waals surface area contributed by atoms with E-state index in [4.69, 9.17) is 4.98 Å². The molecule has 9 aromatic rings. The molecule has 0 saturated carbocycles. The number of rotatable bonds is 5. The first kappa shape index (κ1) is 26.1. The molecule has 0 amide bonds. The molecule has 0 fully saturated rings. The maximum absolute atomic E-state index is 5.17. The molecule has 0 aliphatic heterocycles. The van der Waals surface area contributed by atoms with Crippen LogP contribution in [0.2, 0.25) is 0 Å². The summed E-state index contributed by atoms with van der Waals surface area (Å²) in [6, 6.07) is 39.3. The Labute approximate surface area is 268 Å². The van der Waals surface area contributed by atoms with Gasteiger partial charge in [-0.1, -0.05) is 42.5 Å². The third-order valence-corrected chi connectivity index (χ3v) is 10.0. The summed E-state index contributed by atoms with van der Waals surface area (Å²) in [6.45, 7) is 0. The first-order valence-electron chi connectivity index (χ1n) is 14.8. The zero-order valence-electron chi connectivity index (χ0n) is 24.4. The molecular weight excluding hydrogens is 589 g/mol. The van der Waals surface area contributed by atoms with Gasteiger partial charge in [0.25, 0.3) is 0 Å². The second-order valence-corrected chi connectivity index (χ2v) is 12.8. The van der Waals surface area contributed by atoms with Gasteiger partial charge < -0.3 is 9.13 Å². The van der Waals surface area contributed by atoms with Crippen LogP contribution in [0.5, 0.6) is 0 Å². The molecule has 0 bridgehead atoms. The number of thiophene rings is 2. The van der Waals surface area contributed by atoms with Crippen LogP contribution in [-0.4, -0.2) is 19.1 Å². The minimum Gasteiger partial charge on any atom is -0.327 e. The molecule has 0 unspecified atom stereocenters. The maximum Gasteiger partial charge on any atom is 0.140 e. The van der Waals surface area contributed by atoms with E-state index in [1.165, 1.54) is 38.5 Å². The number of pyridine rings is 1. The Morgan fingerprint density at radius 1 is 0.556 bits per heavy atom. The van der Waals surface area contributed by atoms with Gasteiger partial charge in [-0.15, -0.1) is 0 Å². The lowest BCUT2D eigenvalue weighted by Gasteiger charge is -2.11. The quantitative estimate of drug-likeness (QED) is 0.193. The van der Waals surface area contributed by atoms with Gasteiger partial charge in [-0.25, -0.2) is 4.98 Å². The van der Waals surface area contributed by atoms with Gasteiger partial charge in [0.1, 0.15) is 5.82 Å². The predicted octanol–water partition coefficient (Wildman–Crippen LogP) is 10.9. The van der Waals surface area contributed by atoms with Gasteiger partial charge in [-0.3, -0.25) is 4.98 Å². The summed E-state index contributed by atoms with van der Waals surface area (Å²) in [6.07, 6.45) is 1.85. The molecule has 5 heterocycles. The van der Waals surface area contributed by atoms with E-state index < -0.39 is 0 Å². The van der Waals surface area contributed by atoms with E-state index >= 15 is 0 Å². The third-order valence-electron chi connectivity index (χ3n) is 8.68. The fourth-order valence-corrected chi connectivity index (χ4v) is 7.78. The van der Waals surface area contributed by atoms with Gasteiger partial charge >= 0.3 is 0 Å². The van der Waals surface area contributed by atoms with Gasteiger partial charge in [0.05, 0.1) is 27.8 Å². The van der Waals surface area contributed by atoms with Crippen LogP contribution in [0.4, 0.5) is 0 Å². The number of nitrogens with zero attached hydrogens (tertiary/aromatic N) is 4. The molecule has 214 valence electrons. The number of hydrogen-bond acceptors (Lipinski definition) is 4. The van der Waals surface area contributed by atoms with Crippen LogP contribution in [0.3, 0.4) is 0 Å². The van der Waals surface area contributed by atoms with Crippen molar-refractivity contribution in [2.24, 2.45) is 7.05 Å². The molecule has 0 radical (unpaired) electrons. The summed E-state index contributed by atoms with van der Waals surface area (Å²) in [5, 5.41) is 11.1. The number of fused-ring (bicyclic) bond motifs is 4. The van der Waals surface area contributed by atoms with E-state index in [-0.39, 0.29) is 0 Å². The average molecular weight is 615 g/mol. The second-order valence-electron chi connectivity index (χ2n) is 11.3. The summed E-state index contributed by atoms with van der Waals surface area (Å²) in [5.41, 5.74) is 13.6. The van der Waals surface area contributed by atoms with E-state index in [0.717, 1.165) is 44.9 Å². The van der Waals surface area contributed by atoms with Crippen molar-refractivity contribution in [2.75, 3.05) is 0 Å². The largest absolute Gasteiger partial charge is 0.327 e. The number of aryl methyl sites for hydroxylation is 1. The van der Waals surface area contributed by atoms with Crippen LogP contribution < -0.4 is 0 Å². The molecule has 4 nitrogen and oxygen atoms in total. The summed E-state index contributed by atoms with van der Waals surface area (Å²) < 4.78 is 4.59. The highest BCUT2D eigenvalue weighted by molar-refractivity contribution is 7.08. The van der Waals surface area contributed by atoms with Gasteiger partial charge in [0, 0.05) is 40.8 Å². The second kappa shape index (κ2) is 10.4. The molecule has 0 spiro atoms. The van der Waals surface area contributed by atoms with Crippen molar-refractivity contribution in [1.82, 2.24) is 19.1 Å². The molecular formula is C39H26N4S2. The van der Waals surface area contributed by atoms with E-state index in [9.17, 15) is 0 Å². The molecule has 0 saturated heterocycles. The van der Waals surface area contributed by atoms with Crippen LogP contribution >= 0.6 is 22.7 Å². The number of hydrogen-bond donors (Lipinski definition) is 0. The standard InChI is InChI=1S/C39H26N4S2/c1-42-37-13-10-26(30-15-18-45-24-30)21-35(37)41-39(42)28-8-11-32-33-20-25(29-14-17-44-23-29)9-12-36(33)43(38(32)22-28)31-6-4-5-27(19-31)34-7-2-3-16-40-34/h2-24H,1H3.